The number of nitrogens with one attached hydrogen (secondary N) is 1. The molecular weight excluding hydrogens is 306 g/mol. The Balaban J connectivity index is 2.02. The summed E-state index contributed by atoms with van der Waals surface area (Å²) >= 11 is 0. The SMILES string of the molecule is CCC(C)N(CC(=O)Nc1ccon1)C(=O)/C=C/c1ccccc1. The molecule has 2 amide bonds. The molecule has 0 aliphatic carbocycles. The van der Waals surface area contributed by atoms with Crippen LogP contribution in [-0.2, 0) is 9.59 Å². The maximum absolute atomic E-state index is 12.5. The minimum atomic E-state index is -0.314. The van der Waals surface area contributed by atoms with Crippen molar-refractivity contribution < 1.29 is 14.1 Å². The molecule has 1 heterocycles. The van der Waals surface area contributed by atoms with Crippen LogP contribution >= 0.6 is 0 Å². The van der Waals surface area contributed by atoms with Crippen LogP contribution in [0.4, 0.5) is 5.82 Å². The topological polar surface area (TPSA) is 75.4 Å². The lowest BCUT2D eigenvalue weighted by molar-refractivity contribution is -0.132. The highest BCUT2D eigenvalue weighted by Crippen LogP contribution is 2.08. The molecule has 2 rings (SSSR count). The third-order valence-electron chi connectivity index (χ3n) is 3.64. The molecule has 0 saturated heterocycles. The van der Waals surface area contributed by atoms with Gasteiger partial charge in [0.2, 0.25) is 11.8 Å². The third kappa shape index (κ3) is 5.08. The van der Waals surface area contributed by atoms with Gasteiger partial charge in [0.1, 0.15) is 12.8 Å². The Morgan fingerprint density at radius 2 is 2.04 bits per heavy atom. The number of benzene rings is 1. The second-order valence-electron chi connectivity index (χ2n) is 5.40. The molecule has 0 spiro atoms. The minimum absolute atomic E-state index is 0.0418. The van der Waals surface area contributed by atoms with Gasteiger partial charge in [0, 0.05) is 18.2 Å². The number of amides is 2. The van der Waals surface area contributed by atoms with Gasteiger partial charge in [-0.2, -0.15) is 0 Å². The molecule has 1 aromatic heterocycles. The number of aromatic nitrogens is 1. The molecule has 1 unspecified atom stereocenters. The summed E-state index contributed by atoms with van der Waals surface area (Å²) in [5.41, 5.74) is 0.932. The standard InChI is InChI=1S/C18H21N3O3/c1-3-14(2)21(13-17(22)19-16-11-12-24-20-16)18(23)10-9-15-7-5-4-6-8-15/h4-12,14H,3,13H2,1-2H3,(H,19,20,22)/b10-9+. The van der Waals surface area contributed by atoms with Gasteiger partial charge in [0.15, 0.2) is 5.82 Å². The fourth-order valence-electron chi connectivity index (χ4n) is 2.11. The van der Waals surface area contributed by atoms with Crippen molar-refractivity contribution >= 4 is 23.7 Å². The van der Waals surface area contributed by atoms with Crippen LogP contribution in [0.3, 0.4) is 0 Å². The van der Waals surface area contributed by atoms with Gasteiger partial charge in [-0.1, -0.05) is 42.4 Å². The van der Waals surface area contributed by atoms with E-state index in [1.54, 1.807) is 12.1 Å². The van der Waals surface area contributed by atoms with Gasteiger partial charge in [-0.25, -0.2) is 0 Å². The van der Waals surface area contributed by atoms with E-state index >= 15 is 0 Å². The first-order valence-corrected chi connectivity index (χ1v) is 7.84. The number of carbonyl (C=O) groups excluding carboxylic acids is 2. The average Bonchev–Trinajstić information content (AvgIpc) is 3.10. The van der Waals surface area contributed by atoms with Crippen molar-refractivity contribution in [1.82, 2.24) is 10.1 Å². The maximum atomic E-state index is 12.5. The summed E-state index contributed by atoms with van der Waals surface area (Å²) in [5, 5.41) is 6.22. The minimum Gasteiger partial charge on any atom is -0.363 e. The first kappa shape index (κ1) is 17.5. The fourth-order valence-corrected chi connectivity index (χ4v) is 2.11. The number of hydrogen-bond donors (Lipinski definition) is 1. The molecule has 6 nitrogen and oxygen atoms in total. The number of hydrogen-bond acceptors (Lipinski definition) is 4. The molecule has 0 radical (unpaired) electrons. The Labute approximate surface area is 141 Å². The molecule has 0 aliphatic rings. The quantitative estimate of drug-likeness (QED) is 0.793. The summed E-state index contributed by atoms with van der Waals surface area (Å²) in [6, 6.07) is 11.0. The van der Waals surface area contributed by atoms with Gasteiger partial charge >= 0.3 is 0 Å². The monoisotopic (exact) mass is 327 g/mol. The van der Waals surface area contributed by atoms with Gasteiger partial charge < -0.3 is 14.7 Å². The van der Waals surface area contributed by atoms with Crippen LogP contribution in [0.15, 0.2) is 53.3 Å². The Hall–Kier alpha value is -2.89. The summed E-state index contributed by atoms with van der Waals surface area (Å²) in [4.78, 5) is 26.1. The number of carbonyl (C=O) groups is 2. The van der Waals surface area contributed by atoms with Crippen molar-refractivity contribution in [3.8, 4) is 0 Å². The average molecular weight is 327 g/mol. The van der Waals surface area contributed by atoms with E-state index in [0.29, 0.717) is 5.82 Å². The molecule has 126 valence electrons. The Morgan fingerprint density at radius 3 is 2.67 bits per heavy atom. The molecule has 2 aromatic rings. The molecule has 24 heavy (non-hydrogen) atoms. The summed E-state index contributed by atoms with van der Waals surface area (Å²) in [7, 11) is 0. The molecule has 0 fully saturated rings. The molecule has 1 atom stereocenters. The van der Waals surface area contributed by atoms with Crippen molar-refractivity contribution in [3.05, 3.63) is 54.3 Å². The van der Waals surface area contributed by atoms with Crippen LogP contribution in [0.5, 0.6) is 0 Å². The van der Waals surface area contributed by atoms with Crippen LogP contribution in [-0.4, -0.2) is 34.5 Å². The van der Waals surface area contributed by atoms with Gasteiger partial charge in [-0.3, -0.25) is 9.59 Å². The summed E-state index contributed by atoms with van der Waals surface area (Å²) in [6.45, 7) is 3.85. The van der Waals surface area contributed by atoms with E-state index < -0.39 is 0 Å². The van der Waals surface area contributed by atoms with E-state index in [2.05, 4.69) is 15.0 Å². The van der Waals surface area contributed by atoms with Gasteiger partial charge in [0.05, 0.1) is 0 Å². The zero-order chi connectivity index (χ0) is 17.4. The van der Waals surface area contributed by atoms with Crippen molar-refractivity contribution in [2.75, 3.05) is 11.9 Å². The van der Waals surface area contributed by atoms with Crippen molar-refractivity contribution in [2.45, 2.75) is 26.3 Å². The first-order chi connectivity index (χ1) is 11.6. The Morgan fingerprint density at radius 1 is 1.29 bits per heavy atom. The molecular formula is C18H21N3O3. The van der Waals surface area contributed by atoms with E-state index in [1.165, 1.54) is 17.2 Å². The maximum Gasteiger partial charge on any atom is 0.247 e. The summed E-state index contributed by atoms with van der Waals surface area (Å²) in [6.07, 6.45) is 5.36. The zero-order valence-electron chi connectivity index (χ0n) is 13.8. The van der Waals surface area contributed by atoms with Crippen LogP contribution < -0.4 is 5.32 Å². The highest BCUT2D eigenvalue weighted by atomic mass is 16.5. The molecule has 1 N–H and O–H groups in total. The van der Waals surface area contributed by atoms with Crippen molar-refractivity contribution in [1.29, 1.82) is 0 Å². The third-order valence-corrected chi connectivity index (χ3v) is 3.64. The predicted octanol–water partition coefficient (Wildman–Crippen LogP) is 2.95. The van der Waals surface area contributed by atoms with E-state index in [-0.39, 0.29) is 24.4 Å². The highest BCUT2D eigenvalue weighted by molar-refractivity contribution is 5.97. The van der Waals surface area contributed by atoms with Crippen molar-refractivity contribution in [2.24, 2.45) is 0 Å². The fraction of sp³-hybridized carbons (Fsp3) is 0.278. The predicted molar refractivity (Wildman–Crippen MR) is 92.1 cm³/mol. The normalized spacial score (nSPS) is 12.1. The van der Waals surface area contributed by atoms with E-state index in [0.717, 1.165) is 12.0 Å². The Kier molecular flexibility index (Phi) is 6.31. The molecule has 0 aliphatic heterocycles. The molecule has 0 saturated carbocycles. The lowest BCUT2D eigenvalue weighted by Gasteiger charge is -2.26. The van der Waals surface area contributed by atoms with Crippen LogP contribution in [0, 0.1) is 0 Å². The van der Waals surface area contributed by atoms with Gasteiger partial charge in [-0.05, 0) is 25.0 Å². The highest BCUT2D eigenvalue weighted by Gasteiger charge is 2.20. The number of nitrogens with zero attached hydrogens (tertiary/aromatic N) is 2. The zero-order valence-corrected chi connectivity index (χ0v) is 13.8. The van der Waals surface area contributed by atoms with Crippen LogP contribution in [0.1, 0.15) is 25.8 Å². The summed E-state index contributed by atoms with van der Waals surface area (Å²) in [5.74, 6) is -0.189. The van der Waals surface area contributed by atoms with Crippen LogP contribution in [0.25, 0.3) is 6.08 Å². The van der Waals surface area contributed by atoms with E-state index in [1.807, 2.05) is 44.2 Å². The smallest absolute Gasteiger partial charge is 0.247 e. The molecule has 1 aromatic carbocycles. The second kappa shape index (κ2) is 8.67. The van der Waals surface area contributed by atoms with Gasteiger partial charge in [0.25, 0.3) is 0 Å². The number of rotatable bonds is 7. The first-order valence-electron chi connectivity index (χ1n) is 7.84. The van der Waals surface area contributed by atoms with Crippen LogP contribution in [0.2, 0.25) is 0 Å². The molecule has 0 bridgehead atoms. The summed E-state index contributed by atoms with van der Waals surface area (Å²) < 4.78 is 4.67. The Bertz CT molecular complexity index is 681. The molecule has 6 heteroatoms. The largest absolute Gasteiger partial charge is 0.363 e. The van der Waals surface area contributed by atoms with E-state index in [9.17, 15) is 9.59 Å². The second-order valence-corrected chi connectivity index (χ2v) is 5.40. The lowest BCUT2D eigenvalue weighted by Crippen LogP contribution is -2.42. The number of anilines is 1. The van der Waals surface area contributed by atoms with E-state index in [4.69, 9.17) is 0 Å². The van der Waals surface area contributed by atoms with Crippen molar-refractivity contribution in [3.63, 3.8) is 0 Å². The van der Waals surface area contributed by atoms with Gasteiger partial charge in [-0.15, -0.1) is 0 Å². The lowest BCUT2D eigenvalue weighted by atomic mass is 10.2.